The van der Waals surface area contributed by atoms with Gasteiger partial charge in [-0.05, 0) is 55.2 Å². The van der Waals surface area contributed by atoms with Gasteiger partial charge in [-0.3, -0.25) is 0 Å². The molecule has 0 heterocycles. The first-order chi connectivity index (χ1) is 9.47. The predicted octanol–water partition coefficient (Wildman–Crippen LogP) is 3.78. The topological polar surface area (TPSA) is 23.5 Å². The van der Waals surface area contributed by atoms with E-state index >= 15 is 0 Å². The van der Waals surface area contributed by atoms with Gasteiger partial charge in [-0.25, -0.2) is 0 Å². The minimum Gasteiger partial charge on any atom is -0.387 e. The molecule has 2 heteroatoms. The number of hydrogen-bond donors (Lipinski definition) is 1. The highest BCUT2D eigenvalue weighted by molar-refractivity contribution is 5.48. The van der Waals surface area contributed by atoms with Gasteiger partial charge in [-0.1, -0.05) is 30.3 Å². The van der Waals surface area contributed by atoms with Crippen molar-refractivity contribution in [1.82, 2.24) is 0 Å². The molecule has 2 rings (SSSR count). The lowest BCUT2D eigenvalue weighted by molar-refractivity contribution is 0.185. The Morgan fingerprint density at radius 2 is 1.75 bits per heavy atom. The monoisotopic (exact) mass is 269 g/mol. The zero-order valence-corrected chi connectivity index (χ0v) is 12.7. The van der Waals surface area contributed by atoms with E-state index in [0.717, 1.165) is 11.3 Å². The summed E-state index contributed by atoms with van der Waals surface area (Å²) in [5, 5.41) is 10.4. The van der Waals surface area contributed by atoms with Gasteiger partial charge in [0.15, 0.2) is 0 Å². The standard InChI is InChI=1S/C18H23NO/c1-13-6-5-7-17(10-13)19(4)12-18(20)16-9-8-14(2)15(3)11-16/h5-11,18,20H,12H2,1-4H3. The molecule has 0 aromatic heterocycles. The predicted molar refractivity (Wildman–Crippen MR) is 85.3 cm³/mol. The highest BCUT2D eigenvalue weighted by Crippen LogP contribution is 2.21. The van der Waals surface area contributed by atoms with Crippen LogP contribution in [-0.2, 0) is 0 Å². The van der Waals surface area contributed by atoms with Crippen LogP contribution in [-0.4, -0.2) is 18.7 Å². The SMILES string of the molecule is Cc1cccc(N(C)CC(O)c2ccc(C)c(C)c2)c1. The maximum atomic E-state index is 10.4. The van der Waals surface area contributed by atoms with Crippen LogP contribution in [0.1, 0.15) is 28.4 Å². The quantitative estimate of drug-likeness (QED) is 0.913. The maximum Gasteiger partial charge on any atom is 0.0964 e. The van der Waals surface area contributed by atoms with Crippen LogP contribution >= 0.6 is 0 Å². The molecule has 0 fully saturated rings. The summed E-state index contributed by atoms with van der Waals surface area (Å²) in [6, 6.07) is 14.5. The van der Waals surface area contributed by atoms with Gasteiger partial charge in [-0.15, -0.1) is 0 Å². The molecule has 1 unspecified atom stereocenters. The maximum absolute atomic E-state index is 10.4. The van der Waals surface area contributed by atoms with Crippen molar-refractivity contribution in [3.63, 3.8) is 0 Å². The number of likely N-dealkylation sites (N-methyl/N-ethyl adjacent to an activating group) is 1. The first-order valence-corrected chi connectivity index (χ1v) is 7.00. The molecule has 0 aliphatic heterocycles. The van der Waals surface area contributed by atoms with Gasteiger partial charge in [0.2, 0.25) is 0 Å². The van der Waals surface area contributed by atoms with Gasteiger partial charge in [0.05, 0.1) is 6.10 Å². The first kappa shape index (κ1) is 14.6. The Labute approximate surface area is 121 Å². The highest BCUT2D eigenvalue weighted by atomic mass is 16.3. The Morgan fingerprint density at radius 3 is 2.40 bits per heavy atom. The van der Waals surface area contributed by atoms with E-state index in [1.165, 1.54) is 16.7 Å². The molecule has 2 aromatic rings. The second-order valence-corrected chi connectivity index (χ2v) is 5.58. The Morgan fingerprint density at radius 1 is 1.00 bits per heavy atom. The van der Waals surface area contributed by atoms with Crippen molar-refractivity contribution in [2.45, 2.75) is 26.9 Å². The third kappa shape index (κ3) is 3.40. The van der Waals surface area contributed by atoms with Crippen molar-refractivity contribution < 1.29 is 5.11 Å². The molecule has 1 N–H and O–H groups in total. The van der Waals surface area contributed by atoms with Gasteiger partial charge in [0.1, 0.15) is 0 Å². The van der Waals surface area contributed by atoms with E-state index in [-0.39, 0.29) is 0 Å². The first-order valence-electron chi connectivity index (χ1n) is 7.00. The minimum atomic E-state index is -0.472. The number of benzene rings is 2. The molecular weight excluding hydrogens is 246 g/mol. The lowest BCUT2D eigenvalue weighted by atomic mass is 10.0. The number of nitrogens with zero attached hydrogens (tertiary/aromatic N) is 1. The molecule has 20 heavy (non-hydrogen) atoms. The summed E-state index contributed by atoms with van der Waals surface area (Å²) in [5.74, 6) is 0. The third-order valence-corrected chi connectivity index (χ3v) is 3.80. The van der Waals surface area contributed by atoms with E-state index in [9.17, 15) is 5.11 Å². The van der Waals surface area contributed by atoms with Gasteiger partial charge >= 0.3 is 0 Å². The largest absolute Gasteiger partial charge is 0.387 e. The van der Waals surface area contributed by atoms with Crippen LogP contribution in [0.15, 0.2) is 42.5 Å². The van der Waals surface area contributed by atoms with Crippen molar-refractivity contribution in [2.75, 3.05) is 18.5 Å². The van der Waals surface area contributed by atoms with Crippen LogP contribution in [0, 0.1) is 20.8 Å². The Balaban J connectivity index is 2.10. The van der Waals surface area contributed by atoms with Crippen molar-refractivity contribution >= 4 is 5.69 Å². The lowest BCUT2D eigenvalue weighted by Gasteiger charge is -2.23. The summed E-state index contributed by atoms with van der Waals surface area (Å²) in [4.78, 5) is 2.09. The van der Waals surface area contributed by atoms with Gasteiger partial charge in [-0.2, -0.15) is 0 Å². The molecule has 106 valence electrons. The second-order valence-electron chi connectivity index (χ2n) is 5.58. The summed E-state index contributed by atoms with van der Waals surface area (Å²) in [6.07, 6.45) is -0.472. The van der Waals surface area contributed by atoms with E-state index in [0.29, 0.717) is 6.54 Å². The average Bonchev–Trinajstić information content (AvgIpc) is 2.41. The molecule has 0 aliphatic rings. The van der Waals surface area contributed by atoms with E-state index in [2.05, 4.69) is 56.0 Å². The fraction of sp³-hybridized carbons (Fsp3) is 0.333. The number of anilines is 1. The van der Waals surface area contributed by atoms with Gasteiger partial charge in [0, 0.05) is 19.3 Å². The number of hydrogen-bond acceptors (Lipinski definition) is 2. The summed E-state index contributed by atoms with van der Waals surface area (Å²) in [7, 11) is 2.01. The minimum absolute atomic E-state index is 0.472. The molecule has 0 aliphatic carbocycles. The van der Waals surface area contributed by atoms with Crippen LogP contribution in [0.25, 0.3) is 0 Å². The number of rotatable bonds is 4. The smallest absolute Gasteiger partial charge is 0.0964 e. The van der Waals surface area contributed by atoms with Gasteiger partial charge < -0.3 is 10.0 Å². The zero-order chi connectivity index (χ0) is 14.7. The molecule has 0 saturated carbocycles. The summed E-state index contributed by atoms with van der Waals surface area (Å²) in [6.45, 7) is 6.84. The van der Waals surface area contributed by atoms with Crippen LogP contribution in [0.4, 0.5) is 5.69 Å². The number of aryl methyl sites for hydroxylation is 3. The van der Waals surface area contributed by atoms with Crippen LogP contribution in [0.2, 0.25) is 0 Å². The molecule has 0 radical (unpaired) electrons. The summed E-state index contributed by atoms with van der Waals surface area (Å²) < 4.78 is 0. The fourth-order valence-corrected chi connectivity index (χ4v) is 2.31. The fourth-order valence-electron chi connectivity index (χ4n) is 2.31. The van der Waals surface area contributed by atoms with Crippen LogP contribution < -0.4 is 4.90 Å². The van der Waals surface area contributed by atoms with Crippen molar-refractivity contribution in [2.24, 2.45) is 0 Å². The molecule has 1 atom stereocenters. The van der Waals surface area contributed by atoms with E-state index in [4.69, 9.17) is 0 Å². The Hall–Kier alpha value is -1.80. The van der Waals surface area contributed by atoms with Crippen LogP contribution in [0.3, 0.4) is 0 Å². The summed E-state index contributed by atoms with van der Waals surface area (Å²) in [5.41, 5.74) is 5.82. The summed E-state index contributed by atoms with van der Waals surface area (Å²) >= 11 is 0. The zero-order valence-electron chi connectivity index (χ0n) is 12.7. The second kappa shape index (κ2) is 6.10. The van der Waals surface area contributed by atoms with Crippen molar-refractivity contribution in [3.8, 4) is 0 Å². The third-order valence-electron chi connectivity index (χ3n) is 3.80. The van der Waals surface area contributed by atoms with Crippen molar-refractivity contribution in [1.29, 1.82) is 0 Å². The van der Waals surface area contributed by atoms with Crippen molar-refractivity contribution in [3.05, 3.63) is 64.7 Å². The normalized spacial score (nSPS) is 12.2. The Bertz CT molecular complexity index is 592. The molecule has 2 aromatic carbocycles. The van der Waals surface area contributed by atoms with E-state index in [1.807, 2.05) is 19.2 Å². The molecule has 0 spiro atoms. The van der Waals surface area contributed by atoms with E-state index in [1.54, 1.807) is 0 Å². The molecular formula is C18H23NO. The lowest BCUT2D eigenvalue weighted by Crippen LogP contribution is -2.24. The molecule has 0 amide bonds. The number of aliphatic hydroxyl groups is 1. The molecule has 0 saturated heterocycles. The number of aliphatic hydroxyl groups excluding tert-OH is 1. The average molecular weight is 269 g/mol. The van der Waals surface area contributed by atoms with Gasteiger partial charge in [0.25, 0.3) is 0 Å². The highest BCUT2D eigenvalue weighted by Gasteiger charge is 2.12. The van der Waals surface area contributed by atoms with Crippen LogP contribution in [0.5, 0.6) is 0 Å². The van der Waals surface area contributed by atoms with E-state index < -0.39 is 6.10 Å². The molecule has 0 bridgehead atoms. The molecule has 2 nitrogen and oxygen atoms in total. The Kier molecular flexibility index (Phi) is 4.46.